The Morgan fingerprint density at radius 3 is 2.37 bits per heavy atom. The summed E-state index contributed by atoms with van der Waals surface area (Å²) in [5.74, 6) is -0.528. The maximum absolute atomic E-state index is 11.6. The summed E-state index contributed by atoms with van der Waals surface area (Å²) in [5, 5.41) is 2.51. The van der Waals surface area contributed by atoms with E-state index in [0.29, 0.717) is 11.4 Å². The van der Waals surface area contributed by atoms with Gasteiger partial charge >= 0.3 is 12.1 Å². The zero-order chi connectivity index (χ0) is 14.6. The summed E-state index contributed by atoms with van der Waals surface area (Å²) in [6.07, 6.45) is -0.617. The summed E-state index contributed by atoms with van der Waals surface area (Å²) in [6, 6.07) is 4.45. The Bertz CT molecular complexity index is 492. The number of amides is 1. The molecule has 0 atom stereocenters. The number of nitrogens with one attached hydrogen (secondary N) is 1. The molecule has 0 bridgehead atoms. The van der Waals surface area contributed by atoms with Crippen molar-refractivity contribution in [1.29, 1.82) is 0 Å². The molecule has 0 heterocycles. The highest BCUT2D eigenvalue weighted by Crippen LogP contribution is 2.18. The molecule has 104 valence electrons. The quantitative estimate of drug-likeness (QED) is 0.633. The number of nitrogens with two attached hydrogens (primary N) is 1. The van der Waals surface area contributed by atoms with E-state index in [1.54, 1.807) is 20.8 Å². The second kappa shape index (κ2) is 5.60. The van der Waals surface area contributed by atoms with Crippen molar-refractivity contribution in [3.63, 3.8) is 0 Å². The number of hydrogen-bond donors (Lipinski definition) is 2. The highest BCUT2D eigenvalue weighted by molar-refractivity contribution is 5.94. The Morgan fingerprint density at radius 2 is 1.84 bits per heavy atom. The molecule has 1 rings (SSSR count). The minimum Gasteiger partial charge on any atom is -0.465 e. The van der Waals surface area contributed by atoms with Crippen LogP contribution in [0.25, 0.3) is 0 Å². The van der Waals surface area contributed by atoms with Gasteiger partial charge in [-0.05, 0) is 39.0 Å². The van der Waals surface area contributed by atoms with Crippen LogP contribution in [0.15, 0.2) is 18.2 Å². The molecule has 1 aromatic carbocycles. The minimum absolute atomic E-state index is 0.258. The fraction of sp³-hybridized carbons (Fsp3) is 0.385. The van der Waals surface area contributed by atoms with Gasteiger partial charge in [0.05, 0.1) is 12.7 Å². The van der Waals surface area contributed by atoms with E-state index in [4.69, 9.17) is 10.5 Å². The number of ether oxygens (including phenoxy) is 2. The first-order valence-corrected chi connectivity index (χ1v) is 5.70. The topological polar surface area (TPSA) is 90.6 Å². The van der Waals surface area contributed by atoms with Gasteiger partial charge in [-0.2, -0.15) is 0 Å². The molecule has 6 heteroatoms. The van der Waals surface area contributed by atoms with E-state index in [2.05, 4.69) is 10.1 Å². The Kier molecular flexibility index (Phi) is 4.37. The van der Waals surface area contributed by atoms with Gasteiger partial charge in [-0.3, -0.25) is 5.32 Å². The highest BCUT2D eigenvalue weighted by Gasteiger charge is 2.17. The van der Waals surface area contributed by atoms with Crippen molar-refractivity contribution in [2.45, 2.75) is 26.4 Å². The smallest absolute Gasteiger partial charge is 0.412 e. The van der Waals surface area contributed by atoms with Crippen LogP contribution in [-0.2, 0) is 9.47 Å². The molecular weight excluding hydrogens is 248 g/mol. The standard InChI is InChI=1S/C13H18N2O4/c1-13(2,3)19-12(17)15-10-6-8(11(16)18-4)5-9(14)7-10/h5-7H,14H2,1-4H3,(H,15,17). The van der Waals surface area contributed by atoms with Crippen LogP contribution in [0.2, 0.25) is 0 Å². The van der Waals surface area contributed by atoms with Crippen LogP contribution in [0.3, 0.4) is 0 Å². The van der Waals surface area contributed by atoms with Gasteiger partial charge in [0.2, 0.25) is 0 Å². The van der Waals surface area contributed by atoms with Crippen molar-refractivity contribution >= 4 is 23.4 Å². The van der Waals surface area contributed by atoms with Crippen LogP contribution >= 0.6 is 0 Å². The van der Waals surface area contributed by atoms with Gasteiger partial charge in [-0.1, -0.05) is 0 Å². The van der Waals surface area contributed by atoms with Gasteiger partial charge in [0.25, 0.3) is 0 Å². The first-order valence-electron chi connectivity index (χ1n) is 5.70. The molecule has 19 heavy (non-hydrogen) atoms. The Hall–Kier alpha value is -2.24. The summed E-state index contributed by atoms with van der Waals surface area (Å²) in [6.45, 7) is 5.27. The van der Waals surface area contributed by atoms with Gasteiger partial charge in [0.15, 0.2) is 0 Å². The number of methoxy groups -OCH3 is 1. The molecule has 0 aliphatic rings. The molecule has 0 radical (unpaired) electrons. The third kappa shape index (κ3) is 4.87. The lowest BCUT2D eigenvalue weighted by Crippen LogP contribution is -2.27. The molecule has 0 saturated heterocycles. The van der Waals surface area contributed by atoms with E-state index in [1.165, 1.54) is 25.3 Å². The Morgan fingerprint density at radius 1 is 1.21 bits per heavy atom. The monoisotopic (exact) mass is 266 g/mol. The second-order valence-corrected chi connectivity index (χ2v) is 4.96. The van der Waals surface area contributed by atoms with Crippen LogP contribution < -0.4 is 11.1 Å². The predicted octanol–water partition coefficient (Wildman–Crippen LogP) is 2.40. The van der Waals surface area contributed by atoms with Crippen LogP contribution in [0.4, 0.5) is 16.2 Å². The molecule has 1 aromatic rings. The van der Waals surface area contributed by atoms with Crippen molar-refractivity contribution in [3.05, 3.63) is 23.8 Å². The Balaban J connectivity index is 2.87. The summed E-state index contributed by atoms with van der Waals surface area (Å²) < 4.78 is 9.69. The second-order valence-electron chi connectivity index (χ2n) is 4.96. The first-order chi connectivity index (χ1) is 8.71. The van der Waals surface area contributed by atoms with Crippen molar-refractivity contribution in [2.24, 2.45) is 0 Å². The van der Waals surface area contributed by atoms with Crippen LogP contribution in [0.1, 0.15) is 31.1 Å². The van der Waals surface area contributed by atoms with Crippen LogP contribution in [0.5, 0.6) is 0 Å². The largest absolute Gasteiger partial charge is 0.465 e. The van der Waals surface area contributed by atoms with E-state index >= 15 is 0 Å². The lowest BCUT2D eigenvalue weighted by molar-refractivity contribution is 0.0596. The molecule has 3 N–H and O–H groups in total. The van der Waals surface area contributed by atoms with Gasteiger partial charge < -0.3 is 15.2 Å². The number of esters is 1. The minimum atomic E-state index is -0.617. The number of nitrogen functional groups attached to an aromatic ring is 1. The summed E-state index contributed by atoms with van der Waals surface area (Å²) in [4.78, 5) is 23.0. The van der Waals surface area contributed by atoms with E-state index in [9.17, 15) is 9.59 Å². The number of rotatable bonds is 2. The molecule has 0 saturated carbocycles. The molecular formula is C13H18N2O4. The maximum Gasteiger partial charge on any atom is 0.412 e. The lowest BCUT2D eigenvalue weighted by atomic mass is 10.1. The maximum atomic E-state index is 11.6. The number of carbonyl (C=O) groups is 2. The summed E-state index contributed by atoms with van der Waals surface area (Å²) in [5.41, 5.74) is 6.02. The molecule has 0 aliphatic heterocycles. The summed E-state index contributed by atoms with van der Waals surface area (Å²) in [7, 11) is 1.27. The first kappa shape index (κ1) is 14.8. The van der Waals surface area contributed by atoms with Crippen molar-refractivity contribution < 1.29 is 19.1 Å². The average Bonchev–Trinajstić information content (AvgIpc) is 2.24. The van der Waals surface area contributed by atoms with Crippen molar-refractivity contribution in [2.75, 3.05) is 18.2 Å². The number of carbonyl (C=O) groups excluding carboxylic acids is 2. The molecule has 0 aliphatic carbocycles. The van der Waals surface area contributed by atoms with Crippen molar-refractivity contribution in [3.8, 4) is 0 Å². The van der Waals surface area contributed by atoms with Crippen molar-refractivity contribution in [1.82, 2.24) is 0 Å². The van der Waals surface area contributed by atoms with Gasteiger partial charge in [0.1, 0.15) is 5.60 Å². The van der Waals surface area contributed by atoms with E-state index < -0.39 is 17.7 Å². The van der Waals surface area contributed by atoms with E-state index in [1.807, 2.05) is 0 Å². The molecule has 0 spiro atoms. The van der Waals surface area contributed by atoms with E-state index in [-0.39, 0.29) is 5.56 Å². The normalized spacial score (nSPS) is 10.7. The molecule has 1 amide bonds. The van der Waals surface area contributed by atoms with Crippen LogP contribution in [-0.4, -0.2) is 24.8 Å². The third-order valence-electron chi connectivity index (χ3n) is 2.02. The van der Waals surface area contributed by atoms with Gasteiger partial charge in [-0.25, -0.2) is 9.59 Å². The Labute approximate surface area is 111 Å². The van der Waals surface area contributed by atoms with Gasteiger partial charge in [0, 0.05) is 11.4 Å². The predicted molar refractivity (Wildman–Crippen MR) is 72.1 cm³/mol. The fourth-order valence-corrected chi connectivity index (χ4v) is 1.38. The molecule has 6 nitrogen and oxygen atoms in total. The fourth-order valence-electron chi connectivity index (χ4n) is 1.38. The summed E-state index contributed by atoms with van der Waals surface area (Å²) >= 11 is 0. The van der Waals surface area contributed by atoms with Gasteiger partial charge in [-0.15, -0.1) is 0 Å². The zero-order valence-corrected chi connectivity index (χ0v) is 11.4. The van der Waals surface area contributed by atoms with E-state index in [0.717, 1.165) is 0 Å². The highest BCUT2D eigenvalue weighted by atomic mass is 16.6. The number of hydrogen-bond acceptors (Lipinski definition) is 5. The molecule has 0 aromatic heterocycles. The zero-order valence-electron chi connectivity index (χ0n) is 11.4. The SMILES string of the molecule is COC(=O)c1cc(N)cc(NC(=O)OC(C)(C)C)c1. The average molecular weight is 266 g/mol. The number of benzene rings is 1. The third-order valence-corrected chi connectivity index (χ3v) is 2.02. The number of anilines is 2. The van der Waals surface area contributed by atoms with Crippen LogP contribution in [0, 0.1) is 0 Å². The molecule has 0 unspecified atom stereocenters. The lowest BCUT2D eigenvalue weighted by Gasteiger charge is -2.19. The molecule has 0 fully saturated rings.